The maximum Gasteiger partial charge on any atom is 0.254 e. The van der Waals surface area contributed by atoms with E-state index in [-0.39, 0.29) is 5.91 Å². The van der Waals surface area contributed by atoms with Crippen molar-refractivity contribution in [1.82, 2.24) is 4.90 Å². The number of likely N-dealkylation sites (tertiary alicyclic amines) is 1. The Morgan fingerprint density at radius 2 is 2.08 bits per heavy atom. The minimum Gasteiger partial charge on any atom is -0.493 e. The molecule has 1 fully saturated rings. The number of unbranched alkanes of at least 4 members (excludes halogenated alkanes) is 1. The molecule has 1 amide bonds. The van der Waals surface area contributed by atoms with Crippen molar-refractivity contribution in [3.63, 3.8) is 0 Å². The Morgan fingerprint density at radius 1 is 1.38 bits per heavy atom. The smallest absolute Gasteiger partial charge is 0.254 e. The summed E-state index contributed by atoms with van der Waals surface area (Å²) >= 11 is 6.33. The number of halogens is 1. The van der Waals surface area contributed by atoms with Gasteiger partial charge in [0.2, 0.25) is 0 Å². The van der Waals surface area contributed by atoms with Crippen molar-refractivity contribution in [1.29, 1.82) is 0 Å². The molecule has 0 aromatic heterocycles. The van der Waals surface area contributed by atoms with Crippen LogP contribution < -0.4 is 15.2 Å². The molecule has 24 heavy (non-hydrogen) atoms. The minimum absolute atomic E-state index is 0.0224. The van der Waals surface area contributed by atoms with Gasteiger partial charge in [0.05, 0.1) is 18.7 Å². The number of hydrogen-bond acceptors (Lipinski definition) is 4. The van der Waals surface area contributed by atoms with Crippen LogP contribution in [0.5, 0.6) is 11.5 Å². The lowest BCUT2D eigenvalue weighted by Gasteiger charge is -2.31. The van der Waals surface area contributed by atoms with E-state index in [9.17, 15) is 4.79 Å². The van der Waals surface area contributed by atoms with E-state index in [4.69, 9.17) is 26.8 Å². The van der Waals surface area contributed by atoms with Gasteiger partial charge < -0.3 is 20.1 Å². The van der Waals surface area contributed by atoms with E-state index in [1.54, 1.807) is 19.2 Å². The molecule has 1 aliphatic heterocycles. The second kappa shape index (κ2) is 9.14. The monoisotopic (exact) mass is 354 g/mol. The molecule has 5 nitrogen and oxygen atoms in total. The molecule has 0 saturated carbocycles. The molecule has 0 spiro atoms. The van der Waals surface area contributed by atoms with Crippen molar-refractivity contribution in [3.8, 4) is 11.5 Å². The van der Waals surface area contributed by atoms with Gasteiger partial charge in [-0.05, 0) is 43.9 Å². The number of carbonyl (C=O) groups excluding carboxylic acids is 1. The third kappa shape index (κ3) is 4.54. The lowest BCUT2D eigenvalue weighted by atomic mass is 9.96. The summed E-state index contributed by atoms with van der Waals surface area (Å²) in [7, 11) is 1.55. The first kappa shape index (κ1) is 18.9. The number of ether oxygens (including phenoxy) is 2. The van der Waals surface area contributed by atoms with Crippen molar-refractivity contribution in [2.75, 3.05) is 33.4 Å². The van der Waals surface area contributed by atoms with Gasteiger partial charge in [-0.25, -0.2) is 0 Å². The molecule has 2 rings (SSSR count). The third-order valence-corrected chi connectivity index (χ3v) is 4.74. The van der Waals surface area contributed by atoms with Crippen molar-refractivity contribution >= 4 is 17.5 Å². The largest absolute Gasteiger partial charge is 0.493 e. The molecule has 0 unspecified atom stereocenters. The van der Waals surface area contributed by atoms with Crippen LogP contribution in [0.25, 0.3) is 0 Å². The summed E-state index contributed by atoms with van der Waals surface area (Å²) in [5.41, 5.74) is 6.24. The predicted molar refractivity (Wildman–Crippen MR) is 96.1 cm³/mol. The van der Waals surface area contributed by atoms with Gasteiger partial charge in [-0.1, -0.05) is 24.9 Å². The lowest BCUT2D eigenvalue weighted by molar-refractivity contribution is 0.0693. The number of piperidine rings is 1. The molecule has 0 radical (unpaired) electrons. The van der Waals surface area contributed by atoms with E-state index in [2.05, 4.69) is 6.92 Å². The fourth-order valence-electron chi connectivity index (χ4n) is 2.86. The summed E-state index contributed by atoms with van der Waals surface area (Å²) in [6.45, 7) is 4.82. The van der Waals surface area contributed by atoms with E-state index in [0.29, 0.717) is 41.2 Å². The molecule has 0 aliphatic carbocycles. The maximum absolute atomic E-state index is 12.7. The molecule has 1 aromatic carbocycles. The summed E-state index contributed by atoms with van der Waals surface area (Å²) in [5.74, 6) is 1.50. The van der Waals surface area contributed by atoms with E-state index in [1.807, 2.05) is 4.90 Å². The van der Waals surface area contributed by atoms with Gasteiger partial charge in [-0.15, -0.1) is 0 Å². The number of benzene rings is 1. The van der Waals surface area contributed by atoms with Crippen LogP contribution in [0.3, 0.4) is 0 Å². The number of methoxy groups -OCH3 is 1. The summed E-state index contributed by atoms with van der Waals surface area (Å²) in [5, 5.41) is 0.408. The van der Waals surface area contributed by atoms with Crippen LogP contribution in [-0.2, 0) is 0 Å². The SMILES string of the molecule is CCCCOc1c(Cl)cc(C(=O)N2CCC(CN)CC2)cc1OC. The van der Waals surface area contributed by atoms with E-state index in [0.717, 1.165) is 38.8 Å². The Morgan fingerprint density at radius 3 is 2.67 bits per heavy atom. The molecule has 0 bridgehead atoms. The van der Waals surface area contributed by atoms with Gasteiger partial charge in [0.25, 0.3) is 5.91 Å². The zero-order chi connectivity index (χ0) is 17.5. The fourth-order valence-corrected chi connectivity index (χ4v) is 3.12. The van der Waals surface area contributed by atoms with Crippen molar-refractivity contribution < 1.29 is 14.3 Å². The predicted octanol–water partition coefficient (Wildman–Crippen LogP) is 3.34. The van der Waals surface area contributed by atoms with Crippen LogP contribution in [0.2, 0.25) is 5.02 Å². The highest BCUT2D eigenvalue weighted by Gasteiger charge is 2.24. The highest BCUT2D eigenvalue weighted by Crippen LogP contribution is 2.37. The van der Waals surface area contributed by atoms with E-state index in [1.165, 1.54) is 0 Å². The van der Waals surface area contributed by atoms with Gasteiger partial charge in [-0.2, -0.15) is 0 Å². The molecule has 1 aromatic rings. The number of hydrogen-bond donors (Lipinski definition) is 1. The summed E-state index contributed by atoms with van der Waals surface area (Å²) < 4.78 is 11.1. The molecule has 2 N–H and O–H groups in total. The Hall–Kier alpha value is -1.46. The van der Waals surface area contributed by atoms with Gasteiger partial charge in [0.1, 0.15) is 0 Å². The van der Waals surface area contributed by atoms with Gasteiger partial charge in [0.15, 0.2) is 11.5 Å². The van der Waals surface area contributed by atoms with E-state index >= 15 is 0 Å². The standard InChI is InChI=1S/C18H27ClN2O3/c1-3-4-9-24-17-15(19)10-14(11-16(17)23-2)18(22)21-7-5-13(12-20)6-8-21/h10-11,13H,3-9,12,20H2,1-2H3. The van der Waals surface area contributed by atoms with Crippen LogP contribution >= 0.6 is 11.6 Å². The molecule has 1 aliphatic rings. The first-order valence-corrected chi connectivity index (χ1v) is 8.98. The van der Waals surface area contributed by atoms with Gasteiger partial charge >= 0.3 is 0 Å². The molecular formula is C18H27ClN2O3. The second-order valence-electron chi connectivity index (χ2n) is 6.16. The van der Waals surface area contributed by atoms with Gasteiger partial charge in [-0.3, -0.25) is 4.79 Å². The number of carbonyl (C=O) groups is 1. The quantitative estimate of drug-likeness (QED) is 0.763. The number of nitrogens with two attached hydrogens (primary N) is 1. The molecule has 6 heteroatoms. The van der Waals surface area contributed by atoms with Crippen LogP contribution in [0.4, 0.5) is 0 Å². The van der Waals surface area contributed by atoms with Crippen LogP contribution in [0.1, 0.15) is 43.0 Å². The zero-order valence-electron chi connectivity index (χ0n) is 14.5. The normalized spacial score (nSPS) is 15.4. The average molecular weight is 355 g/mol. The highest BCUT2D eigenvalue weighted by molar-refractivity contribution is 6.32. The highest BCUT2D eigenvalue weighted by atomic mass is 35.5. The van der Waals surface area contributed by atoms with Crippen LogP contribution in [0, 0.1) is 5.92 Å². The number of nitrogens with zero attached hydrogens (tertiary/aromatic N) is 1. The summed E-state index contributed by atoms with van der Waals surface area (Å²) in [6, 6.07) is 3.38. The van der Waals surface area contributed by atoms with Crippen molar-refractivity contribution in [2.24, 2.45) is 11.7 Å². The molecule has 1 saturated heterocycles. The lowest BCUT2D eigenvalue weighted by Crippen LogP contribution is -2.40. The summed E-state index contributed by atoms with van der Waals surface area (Å²) in [6.07, 6.45) is 3.88. The average Bonchev–Trinajstić information content (AvgIpc) is 2.62. The topological polar surface area (TPSA) is 64.8 Å². The zero-order valence-corrected chi connectivity index (χ0v) is 15.3. The second-order valence-corrected chi connectivity index (χ2v) is 6.57. The van der Waals surface area contributed by atoms with Crippen LogP contribution in [-0.4, -0.2) is 44.2 Å². The Balaban J connectivity index is 2.13. The number of rotatable bonds is 7. The minimum atomic E-state index is -0.0224. The van der Waals surface area contributed by atoms with Crippen LogP contribution in [0.15, 0.2) is 12.1 Å². The Labute approximate surface area is 149 Å². The maximum atomic E-state index is 12.7. The van der Waals surface area contributed by atoms with Crippen molar-refractivity contribution in [3.05, 3.63) is 22.7 Å². The molecular weight excluding hydrogens is 328 g/mol. The Bertz CT molecular complexity index is 557. The van der Waals surface area contributed by atoms with Gasteiger partial charge in [0, 0.05) is 18.7 Å². The molecule has 134 valence electrons. The van der Waals surface area contributed by atoms with Crippen molar-refractivity contribution in [2.45, 2.75) is 32.6 Å². The molecule has 1 heterocycles. The fraction of sp³-hybridized carbons (Fsp3) is 0.611. The summed E-state index contributed by atoms with van der Waals surface area (Å²) in [4.78, 5) is 14.6. The number of amides is 1. The molecule has 0 atom stereocenters. The first-order valence-electron chi connectivity index (χ1n) is 8.60. The Kier molecular flexibility index (Phi) is 7.18. The van der Waals surface area contributed by atoms with E-state index < -0.39 is 0 Å². The first-order chi connectivity index (χ1) is 11.6. The third-order valence-electron chi connectivity index (χ3n) is 4.46.